The van der Waals surface area contributed by atoms with Gasteiger partial charge in [0.1, 0.15) is 17.1 Å². The van der Waals surface area contributed by atoms with Gasteiger partial charge in [0, 0.05) is 35.3 Å². The van der Waals surface area contributed by atoms with Crippen molar-refractivity contribution in [2.45, 2.75) is 6.54 Å². The highest BCUT2D eigenvalue weighted by atomic mass is 35.5. The third-order valence-electron chi connectivity index (χ3n) is 5.14. The molecule has 0 aliphatic carbocycles. The van der Waals surface area contributed by atoms with E-state index in [9.17, 15) is 9.18 Å². The summed E-state index contributed by atoms with van der Waals surface area (Å²) in [5.74, 6) is 0.00544. The summed E-state index contributed by atoms with van der Waals surface area (Å²) in [6.07, 6.45) is 8.09. The van der Waals surface area contributed by atoms with Crippen molar-refractivity contribution in [3.8, 4) is 22.8 Å². The van der Waals surface area contributed by atoms with Crippen molar-refractivity contribution in [1.82, 2.24) is 24.7 Å². The fourth-order valence-electron chi connectivity index (χ4n) is 3.51. The van der Waals surface area contributed by atoms with Crippen molar-refractivity contribution in [3.63, 3.8) is 0 Å². The van der Waals surface area contributed by atoms with E-state index in [1.165, 1.54) is 18.3 Å². The fraction of sp³-hybridized carbons (Fsp3) is 0.0400. The summed E-state index contributed by atoms with van der Waals surface area (Å²) < 4.78 is 21.0. The summed E-state index contributed by atoms with van der Waals surface area (Å²) in [4.78, 5) is 23.7. The van der Waals surface area contributed by atoms with Gasteiger partial charge in [-0.05, 0) is 35.9 Å². The number of rotatable bonds is 7. The summed E-state index contributed by atoms with van der Waals surface area (Å²) in [6.45, 7) is 3.88. The van der Waals surface area contributed by atoms with Crippen molar-refractivity contribution in [3.05, 3.63) is 96.3 Å². The predicted molar refractivity (Wildman–Crippen MR) is 131 cm³/mol. The average Bonchev–Trinajstić information content (AvgIpc) is 3.48. The van der Waals surface area contributed by atoms with Crippen LogP contribution < -0.4 is 10.1 Å². The Balaban J connectivity index is 1.38. The van der Waals surface area contributed by atoms with Crippen molar-refractivity contribution in [1.29, 1.82) is 0 Å². The summed E-state index contributed by atoms with van der Waals surface area (Å²) in [5, 5.41) is 7.16. The lowest BCUT2D eigenvalue weighted by Gasteiger charge is -2.07. The van der Waals surface area contributed by atoms with E-state index in [2.05, 4.69) is 31.9 Å². The van der Waals surface area contributed by atoms with Gasteiger partial charge in [-0.15, -0.1) is 0 Å². The second kappa shape index (κ2) is 9.40. The number of aromatic amines is 1. The third-order valence-corrected chi connectivity index (χ3v) is 5.43. The van der Waals surface area contributed by atoms with Crippen LogP contribution in [0.2, 0.25) is 5.02 Å². The van der Waals surface area contributed by atoms with E-state index < -0.39 is 5.82 Å². The molecule has 2 aromatic carbocycles. The number of anilines is 1. The fourth-order valence-corrected chi connectivity index (χ4v) is 3.71. The minimum absolute atomic E-state index is 0.0722. The molecule has 8 nitrogen and oxygen atoms in total. The Bertz CT molecular complexity index is 1560. The van der Waals surface area contributed by atoms with Crippen molar-refractivity contribution >= 4 is 34.4 Å². The molecule has 3 aromatic heterocycles. The number of amides is 1. The van der Waals surface area contributed by atoms with Crippen molar-refractivity contribution in [2.24, 2.45) is 0 Å². The zero-order valence-electron chi connectivity index (χ0n) is 18.2. The number of benzene rings is 2. The van der Waals surface area contributed by atoms with Gasteiger partial charge in [-0.1, -0.05) is 30.3 Å². The quantitative estimate of drug-likeness (QED) is 0.291. The first-order chi connectivity index (χ1) is 17.0. The highest BCUT2D eigenvalue weighted by molar-refractivity contribution is 6.30. The van der Waals surface area contributed by atoms with E-state index in [0.29, 0.717) is 35.0 Å². The van der Waals surface area contributed by atoms with Gasteiger partial charge in [0.2, 0.25) is 11.8 Å². The van der Waals surface area contributed by atoms with Gasteiger partial charge >= 0.3 is 0 Å². The van der Waals surface area contributed by atoms with Crippen LogP contribution in [0.25, 0.3) is 22.3 Å². The number of hydrogen-bond donors (Lipinski definition) is 2. The minimum Gasteiger partial charge on any atom is -0.437 e. The van der Waals surface area contributed by atoms with Crippen LogP contribution >= 0.6 is 11.6 Å². The molecule has 2 N–H and O–H groups in total. The average molecular weight is 489 g/mol. The number of nitrogens with zero attached hydrogens (tertiary/aromatic N) is 4. The second-order valence-corrected chi connectivity index (χ2v) is 8.01. The number of carbonyl (C=O) groups excluding carboxylic acids is 1. The molecule has 3 heterocycles. The van der Waals surface area contributed by atoms with E-state index in [1.807, 2.05) is 6.20 Å². The Morgan fingerprint density at radius 3 is 2.97 bits per heavy atom. The lowest BCUT2D eigenvalue weighted by atomic mass is 10.2. The Morgan fingerprint density at radius 2 is 2.14 bits per heavy atom. The molecule has 174 valence electrons. The van der Waals surface area contributed by atoms with Crippen LogP contribution in [-0.4, -0.2) is 30.6 Å². The van der Waals surface area contributed by atoms with Gasteiger partial charge in [-0.2, -0.15) is 5.10 Å². The molecule has 0 fully saturated rings. The molecule has 0 aliphatic rings. The molecular formula is C25H18ClFN6O2. The molecule has 5 rings (SSSR count). The van der Waals surface area contributed by atoms with Gasteiger partial charge in [0.15, 0.2) is 5.65 Å². The number of halogens is 2. The Hall–Kier alpha value is -4.50. The summed E-state index contributed by atoms with van der Waals surface area (Å²) in [7, 11) is 0. The SMILES string of the molecule is C=CC(=O)Nc1cccc(Oc2cnc3[nH]cc(-c4cnn(Cc5ccc(F)c(Cl)c5)c4)c3n2)c1. The maximum absolute atomic E-state index is 13.4. The lowest BCUT2D eigenvalue weighted by Crippen LogP contribution is -2.07. The molecule has 0 saturated heterocycles. The van der Waals surface area contributed by atoms with Gasteiger partial charge in [0.05, 0.1) is 24.0 Å². The maximum atomic E-state index is 13.4. The van der Waals surface area contributed by atoms with Crippen molar-refractivity contribution < 1.29 is 13.9 Å². The van der Waals surface area contributed by atoms with Crippen LogP contribution in [0.3, 0.4) is 0 Å². The first kappa shape index (κ1) is 22.3. The zero-order valence-corrected chi connectivity index (χ0v) is 19.0. The lowest BCUT2D eigenvalue weighted by molar-refractivity contribution is -0.111. The molecule has 1 amide bonds. The first-order valence-electron chi connectivity index (χ1n) is 10.5. The van der Waals surface area contributed by atoms with Crippen LogP contribution in [0, 0.1) is 5.82 Å². The van der Waals surface area contributed by atoms with Crippen LogP contribution in [0.1, 0.15) is 5.56 Å². The Labute approximate surface area is 204 Å². The number of nitrogens with one attached hydrogen (secondary N) is 2. The number of ether oxygens (including phenoxy) is 1. The van der Waals surface area contributed by atoms with Gasteiger partial charge in [-0.3, -0.25) is 9.48 Å². The standard InChI is InChI=1S/C25H18ClFN6O2/c1-2-22(34)31-17-4-3-5-18(9-17)35-23-12-29-25-24(32-23)19(11-28-25)16-10-30-33(14-16)13-15-6-7-21(27)20(26)8-15/h2-12,14H,1,13H2,(H,28,29)(H,31,34). The summed E-state index contributed by atoms with van der Waals surface area (Å²) in [5.41, 5.74) is 4.23. The number of hydrogen-bond acceptors (Lipinski definition) is 5. The number of fused-ring (bicyclic) bond motifs is 1. The van der Waals surface area contributed by atoms with E-state index in [-0.39, 0.29) is 10.9 Å². The molecular weight excluding hydrogens is 471 g/mol. The first-order valence-corrected chi connectivity index (χ1v) is 10.9. The van der Waals surface area contributed by atoms with Crippen LogP contribution in [-0.2, 0) is 11.3 Å². The Kier molecular flexibility index (Phi) is 5.99. The highest BCUT2D eigenvalue weighted by Crippen LogP contribution is 2.29. The number of carbonyl (C=O) groups is 1. The molecule has 0 radical (unpaired) electrons. The predicted octanol–water partition coefficient (Wildman–Crippen LogP) is 5.58. The third kappa shape index (κ3) is 4.90. The van der Waals surface area contributed by atoms with Gasteiger partial charge < -0.3 is 15.0 Å². The molecule has 10 heteroatoms. The summed E-state index contributed by atoms with van der Waals surface area (Å²) >= 11 is 5.88. The van der Waals surface area contributed by atoms with Gasteiger partial charge in [0.25, 0.3) is 0 Å². The van der Waals surface area contributed by atoms with Gasteiger partial charge in [-0.25, -0.2) is 14.4 Å². The molecule has 0 bridgehead atoms. The molecule has 0 aliphatic heterocycles. The van der Waals surface area contributed by atoms with Crippen LogP contribution in [0.5, 0.6) is 11.6 Å². The molecule has 0 atom stereocenters. The molecule has 5 aromatic rings. The zero-order chi connectivity index (χ0) is 24.4. The largest absolute Gasteiger partial charge is 0.437 e. The van der Waals surface area contributed by atoms with Crippen LogP contribution in [0.15, 0.2) is 79.9 Å². The maximum Gasteiger partial charge on any atom is 0.247 e. The monoisotopic (exact) mass is 488 g/mol. The van der Waals surface area contributed by atoms with E-state index in [0.717, 1.165) is 16.7 Å². The van der Waals surface area contributed by atoms with Crippen molar-refractivity contribution in [2.75, 3.05) is 5.32 Å². The summed E-state index contributed by atoms with van der Waals surface area (Å²) in [6, 6.07) is 11.5. The Morgan fingerprint density at radius 1 is 1.26 bits per heavy atom. The molecule has 0 spiro atoms. The molecule has 0 saturated carbocycles. The minimum atomic E-state index is -0.458. The highest BCUT2D eigenvalue weighted by Gasteiger charge is 2.13. The number of aromatic nitrogens is 5. The second-order valence-electron chi connectivity index (χ2n) is 7.61. The smallest absolute Gasteiger partial charge is 0.247 e. The van der Waals surface area contributed by atoms with Crippen LogP contribution in [0.4, 0.5) is 10.1 Å². The van der Waals surface area contributed by atoms with E-state index >= 15 is 0 Å². The topological polar surface area (TPSA) is 97.7 Å². The van der Waals surface area contributed by atoms with E-state index in [1.54, 1.807) is 53.5 Å². The normalized spacial score (nSPS) is 10.9. The molecule has 0 unspecified atom stereocenters. The number of H-pyrrole nitrogens is 1. The molecule has 35 heavy (non-hydrogen) atoms. The van der Waals surface area contributed by atoms with E-state index in [4.69, 9.17) is 16.3 Å².